The highest BCUT2D eigenvalue weighted by atomic mass is 32.2. The fourth-order valence-electron chi connectivity index (χ4n) is 5.41. The molecule has 3 aromatic carbocycles. The van der Waals surface area contributed by atoms with Crippen LogP contribution in [0.15, 0.2) is 102 Å². The number of aromatic carboxylic acids is 1. The first-order chi connectivity index (χ1) is 22.7. The van der Waals surface area contributed by atoms with Gasteiger partial charge in [-0.05, 0) is 41.3 Å². The number of ether oxygens (including phenoxy) is 3. The van der Waals surface area contributed by atoms with Gasteiger partial charge in [0.15, 0.2) is 12.4 Å². The summed E-state index contributed by atoms with van der Waals surface area (Å²) in [7, 11) is 0. The van der Waals surface area contributed by atoms with Crippen molar-refractivity contribution in [3.8, 4) is 0 Å². The average molecular weight is 657 g/mol. The van der Waals surface area contributed by atoms with Gasteiger partial charge in [-0.3, -0.25) is 9.59 Å². The summed E-state index contributed by atoms with van der Waals surface area (Å²) < 4.78 is 18.4. The van der Waals surface area contributed by atoms with Crippen molar-refractivity contribution in [1.29, 1.82) is 0 Å². The Labute approximate surface area is 277 Å². The summed E-state index contributed by atoms with van der Waals surface area (Å²) in [4.78, 5) is 39.7. The number of thioether (sulfide) groups is 1. The van der Waals surface area contributed by atoms with Gasteiger partial charge in [0, 0.05) is 36.9 Å². The maximum absolute atomic E-state index is 12.3. The second kappa shape index (κ2) is 15.8. The number of hydrogen-bond donors (Lipinski definition) is 3. The first-order valence-corrected chi connectivity index (χ1v) is 16.1. The quantitative estimate of drug-likeness (QED) is 0.131. The predicted molar refractivity (Wildman–Crippen MR) is 174 cm³/mol. The summed E-state index contributed by atoms with van der Waals surface area (Å²) in [6.45, 7) is 2.93. The van der Waals surface area contributed by atoms with Crippen molar-refractivity contribution in [2.24, 2.45) is 0 Å². The van der Waals surface area contributed by atoms with Gasteiger partial charge in [0.1, 0.15) is 5.03 Å². The summed E-state index contributed by atoms with van der Waals surface area (Å²) in [6.07, 6.45) is -0.959. The molecule has 0 saturated carbocycles. The third-order valence-corrected chi connectivity index (χ3v) is 8.88. The summed E-state index contributed by atoms with van der Waals surface area (Å²) in [5.41, 5.74) is 4.40. The molecule has 1 aliphatic heterocycles. The highest BCUT2D eigenvalue weighted by Crippen LogP contribution is 2.48. The zero-order chi connectivity index (χ0) is 33.3. The van der Waals surface area contributed by atoms with E-state index in [1.807, 2.05) is 78.9 Å². The SMILES string of the molecule is CC(=O)OC(C)C(=O)NCc1ccc(C2OC(CSc3ncccc3C(=O)O)C(c3ccccc3)C(c3ccc(CO)cc3)O2)cc1. The van der Waals surface area contributed by atoms with Gasteiger partial charge in [0.05, 0.1) is 24.4 Å². The molecule has 0 bridgehead atoms. The molecular weight excluding hydrogens is 620 g/mol. The van der Waals surface area contributed by atoms with E-state index in [1.54, 1.807) is 12.3 Å². The minimum absolute atomic E-state index is 0.0790. The van der Waals surface area contributed by atoms with Gasteiger partial charge in [0.2, 0.25) is 0 Å². The third kappa shape index (κ3) is 8.63. The van der Waals surface area contributed by atoms with Crippen molar-refractivity contribution >= 4 is 29.6 Å². The third-order valence-electron chi connectivity index (χ3n) is 7.79. The molecule has 11 heteroatoms. The highest BCUT2D eigenvalue weighted by molar-refractivity contribution is 7.99. The molecule has 5 rings (SSSR count). The lowest BCUT2D eigenvalue weighted by molar-refractivity contribution is -0.255. The van der Waals surface area contributed by atoms with Crippen LogP contribution in [0.1, 0.15) is 70.3 Å². The number of aliphatic hydroxyl groups excluding tert-OH is 1. The molecule has 1 aromatic heterocycles. The second-order valence-corrected chi connectivity index (χ2v) is 12.1. The molecule has 1 fully saturated rings. The van der Waals surface area contributed by atoms with Crippen molar-refractivity contribution in [3.63, 3.8) is 0 Å². The zero-order valence-corrected chi connectivity index (χ0v) is 26.8. The van der Waals surface area contributed by atoms with Crippen molar-refractivity contribution in [3.05, 3.63) is 131 Å². The normalized spacial score (nSPS) is 19.8. The predicted octanol–water partition coefficient (Wildman–Crippen LogP) is 5.57. The topological polar surface area (TPSA) is 144 Å². The lowest BCUT2D eigenvalue weighted by Crippen LogP contribution is -2.38. The molecule has 1 saturated heterocycles. The number of aromatic nitrogens is 1. The van der Waals surface area contributed by atoms with Crippen LogP contribution in [0, 0.1) is 0 Å². The number of carboxylic acid groups (broad SMARTS) is 1. The number of benzene rings is 3. The van der Waals surface area contributed by atoms with Crippen LogP contribution < -0.4 is 5.32 Å². The number of hydrogen-bond acceptors (Lipinski definition) is 9. The monoisotopic (exact) mass is 656 g/mol. The van der Waals surface area contributed by atoms with Gasteiger partial charge < -0.3 is 29.7 Å². The molecule has 3 N–H and O–H groups in total. The maximum atomic E-state index is 12.3. The van der Waals surface area contributed by atoms with Crippen LogP contribution in [0.25, 0.3) is 0 Å². The molecule has 0 radical (unpaired) electrons. The number of aliphatic hydroxyl groups is 1. The standard InChI is InChI=1S/C36H36N2O8S/c1-22(44-23(2)40)33(41)38-19-24-10-16-28(17-11-24)36-45-30(21-47-34-29(35(42)43)9-6-18-37-34)31(26-7-4-3-5-8-26)32(46-36)27-14-12-25(20-39)13-15-27/h3-18,22,30-32,36,39H,19-21H2,1-2H3,(H,38,41)(H,42,43). The van der Waals surface area contributed by atoms with Crippen LogP contribution in [0.4, 0.5) is 0 Å². The fourth-order valence-corrected chi connectivity index (χ4v) is 6.46. The summed E-state index contributed by atoms with van der Waals surface area (Å²) in [5.74, 6) is -1.84. The Morgan fingerprint density at radius 2 is 1.57 bits per heavy atom. The molecule has 0 aliphatic carbocycles. The van der Waals surface area contributed by atoms with Crippen LogP contribution >= 0.6 is 11.8 Å². The highest BCUT2D eigenvalue weighted by Gasteiger charge is 2.42. The van der Waals surface area contributed by atoms with Gasteiger partial charge in [0.25, 0.3) is 5.91 Å². The number of carboxylic acids is 1. The molecule has 5 unspecified atom stereocenters. The number of amides is 1. The van der Waals surface area contributed by atoms with E-state index >= 15 is 0 Å². The van der Waals surface area contributed by atoms with Gasteiger partial charge in [-0.1, -0.05) is 78.9 Å². The summed E-state index contributed by atoms with van der Waals surface area (Å²) >= 11 is 1.32. The van der Waals surface area contributed by atoms with E-state index < -0.39 is 42.4 Å². The maximum Gasteiger partial charge on any atom is 0.338 e. The van der Waals surface area contributed by atoms with Gasteiger partial charge in [-0.15, -0.1) is 11.8 Å². The Hall–Kier alpha value is -4.55. The summed E-state index contributed by atoms with van der Waals surface area (Å²) in [5, 5.41) is 22.6. The first kappa shape index (κ1) is 33.8. The Kier molecular flexibility index (Phi) is 11.4. The molecule has 10 nitrogen and oxygen atoms in total. The minimum Gasteiger partial charge on any atom is -0.478 e. The van der Waals surface area contributed by atoms with E-state index in [4.69, 9.17) is 14.2 Å². The van der Waals surface area contributed by atoms with Crippen LogP contribution in [-0.2, 0) is 37.0 Å². The number of nitrogens with zero attached hydrogens (tertiary/aromatic N) is 1. The summed E-state index contributed by atoms with van der Waals surface area (Å²) in [6, 6.07) is 28.2. The number of nitrogens with one attached hydrogen (secondary N) is 1. The number of esters is 1. The Morgan fingerprint density at radius 3 is 2.23 bits per heavy atom. The molecule has 2 heterocycles. The second-order valence-electron chi connectivity index (χ2n) is 11.1. The molecule has 244 valence electrons. The Morgan fingerprint density at radius 1 is 0.894 bits per heavy atom. The largest absolute Gasteiger partial charge is 0.478 e. The molecule has 5 atom stereocenters. The molecule has 1 aliphatic rings. The Balaban J connectivity index is 1.43. The van der Waals surface area contributed by atoms with Crippen LogP contribution in [-0.4, -0.2) is 51.0 Å². The van der Waals surface area contributed by atoms with Crippen LogP contribution in [0.3, 0.4) is 0 Å². The Bertz CT molecular complexity index is 1670. The number of rotatable bonds is 12. The van der Waals surface area contributed by atoms with Gasteiger partial charge in [-0.2, -0.15) is 0 Å². The molecule has 4 aromatic rings. The zero-order valence-electron chi connectivity index (χ0n) is 25.9. The molecule has 1 amide bonds. The van der Waals surface area contributed by atoms with E-state index in [2.05, 4.69) is 10.3 Å². The van der Waals surface area contributed by atoms with E-state index in [9.17, 15) is 24.6 Å². The minimum atomic E-state index is -1.05. The van der Waals surface area contributed by atoms with E-state index in [1.165, 1.54) is 31.7 Å². The first-order valence-electron chi connectivity index (χ1n) is 15.1. The fraction of sp³-hybridized carbons (Fsp3) is 0.278. The lowest BCUT2D eigenvalue weighted by atomic mass is 9.84. The van der Waals surface area contributed by atoms with E-state index in [0.29, 0.717) is 10.8 Å². The smallest absolute Gasteiger partial charge is 0.338 e. The van der Waals surface area contributed by atoms with E-state index in [-0.39, 0.29) is 24.6 Å². The van der Waals surface area contributed by atoms with E-state index in [0.717, 1.165) is 27.8 Å². The van der Waals surface area contributed by atoms with Crippen molar-refractivity contribution in [2.75, 3.05) is 5.75 Å². The molecule has 47 heavy (non-hydrogen) atoms. The lowest BCUT2D eigenvalue weighted by Gasteiger charge is -2.43. The van der Waals surface area contributed by atoms with Gasteiger partial charge >= 0.3 is 11.9 Å². The molecular formula is C36H36N2O8S. The van der Waals surface area contributed by atoms with Crippen molar-refractivity contribution in [1.82, 2.24) is 10.3 Å². The van der Waals surface area contributed by atoms with Crippen molar-refractivity contribution < 1.29 is 38.8 Å². The van der Waals surface area contributed by atoms with Gasteiger partial charge in [-0.25, -0.2) is 9.78 Å². The molecule has 0 spiro atoms. The average Bonchev–Trinajstić information content (AvgIpc) is 3.09. The van der Waals surface area contributed by atoms with Crippen LogP contribution in [0.5, 0.6) is 0 Å². The number of pyridine rings is 1. The van der Waals surface area contributed by atoms with Crippen molar-refractivity contribution in [2.45, 2.75) is 62.5 Å². The number of carbonyl (C=O) groups is 3. The van der Waals surface area contributed by atoms with Crippen LogP contribution in [0.2, 0.25) is 0 Å². The number of carbonyl (C=O) groups excluding carboxylic acids is 2.